The Hall–Kier alpha value is -3.51. The van der Waals surface area contributed by atoms with Crippen LogP contribution < -0.4 is 5.73 Å². The average molecular weight is 344 g/mol. The molecule has 0 radical (unpaired) electrons. The van der Waals surface area contributed by atoms with Gasteiger partial charge in [0.05, 0.1) is 12.1 Å². The van der Waals surface area contributed by atoms with Gasteiger partial charge in [0, 0.05) is 11.5 Å². The monoisotopic (exact) mass is 344 g/mol. The van der Waals surface area contributed by atoms with Gasteiger partial charge in [0.2, 0.25) is 0 Å². The van der Waals surface area contributed by atoms with Crippen LogP contribution in [-0.4, -0.2) is 17.5 Å². The molecule has 6 nitrogen and oxygen atoms in total. The van der Waals surface area contributed by atoms with Gasteiger partial charge in [0.25, 0.3) is 5.91 Å². The lowest BCUT2D eigenvalue weighted by Gasteiger charge is -2.31. The third kappa shape index (κ3) is 1.87. The minimum Gasteiger partial charge on any atom is -0.385 e. The van der Waals surface area contributed by atoms with Crippen molar-refractivity contribution >= 4 is 23.6 Å². The molecule has 1 amide bonds. The van der Waals surface area contributed by atoms with Gasteiger partial charge < -0.3 is 5.73 Å². The van der Waals surface area contributed by atoms with Crippen molar-refractivity contribution in [3.05, 3.63) is 53.1 Å². The number of carbonyl (C=O) groups is 2. The van der Waals surface area contributed by atoms with Crippen molar-refractivity contribution in [1.82, 2.24) is 0 Å². The van der Waals surface area contributed by atoms with Crippen molar-refractivity contribution in [2.45, 2.75) is 13.8 Å². The molecule has 2 aliphatic rings. The van der Waals surface area contributed by atoms with E-state index in [0.717, 1.165) is 5.56 Å². The Morgan fingerprint density at radius 3 is 2.46 bits per heavy atom. The normalized spacial score (nSPS) is 30.1. The quantitative estimate of drug-likeness (QED) is 0.900. The fourth-order valence-electron chi connectivity index (χ4n) is 4.08. The number of allylic oxidation sites excluding steroid dienone is 2. The molecule has 0 saturated heterocycles. The van der Waals surface area contributed by atoms with Crippen LogP contribution in [0.15, 0.2) is 52.5 Å². The zero-order chi connectivity index (χ0) is 19.1. The van der Waals surface area contributed by atoms with Crippen LogP contribution in [0.25, 0.3) is 6.08 Å². The molecule has 1 aromatic rings. The van der Waals surface area contributed by atoms with Crippen molar-refractivity contribution in [3.63, 3.8) is 0 Å². The van der Waals surface area contributed by atoms with Gasteiger partial charge in [-0.2, -0.15) is 15.5 Å². The van der Waals surface area contributed by atoms with E-state index in [1.165, 1.54) is 6.92 Å². The lowest BCUT2D eigenvalue weighted by atomic mass is 9.61. The van der Waals surface area contributed by atoms with E-state index >= 15 is 0 Å². The number of benzene rings is 1. The van der Waals surface area contributed by atoms with Gasteiger partial charge in [-0.15, -0.1) is 0 Å². The maximum atomic E-state index is 12.7. The molecular weight excluding hydrogens is 328 g/mol. The van der Waals surface area contributed by atoms with Gasteiger partial charge in [-0.1, -0.05) is 42.5 Å². The zero-order valence-corrected chi connectivity index (χ0v) is 14.4. The highest BCUT2D eigenvalue weighted by Gasteiger charge is 2.73. The molecule has 3 rings (SSSR count). The first-order chi connectivity index (χ1) is 12.4. The highest BCUT2D eigenvalue weighted by molar-refractivity contribution is 6.17. The number of fused-ring (bicyclic) bond motifs is 1. The number of amides is 1. The SMILES string of the molecule is CC(=O)C1=C(C)C2(C#N)C(N)=NC(=O)C2(C#N)C1/C=C/c1ccccc1. The predicted octanol–water partition coefficient (Wildman–Crippen LogP) is 2.15. The predicted molar refractivity (Wildman–Crippen MR) is 95.1 cm³/mol. The summed E-state index contributed by atoms with van der Waals surface area (Å²) in [5.74, 6) is -2.21. The summed E-state index contributed by atoms with van der Waals surface area (Å²) in [5, 5.41) is 19.9. The van der Waals surface area contributed by atoms with Gasteiger partial charge in [-0.25, -0.2) is 0 Å². The smallest absolute Gasteiger partial charge is 0.271 e. The number of hydrogen-bond donors (Lipinski definition) is 1. The van der Waals surface area contributed by atoms with E-state index in [1.807, 2.05) is 42.5 Å². The van der Waals surface area contributed by atoms with Gasteiger partial charge >= 0.3 is 0 Å². The number of carbonyl (C=O) groups excluding carboxylic acids is 2. The molecule has 3 atom stereocenters. The van der Waals surface area contributed by atoms with Crippen LogP contribution in [0.1, 0.15) is 19.4 Å². The first-order valence-corrected chi connectivity index (χ1v) is 8.03. The third-order valence-corrected chi connectivity index (χ3v) is 5.28. The summed E-state index contributed by atoms with van der Waals surface area (Å²) >= 11 is 0. The Labute approximate surface area is 150 Å². The summed E-state index contributed by atoms with van der Waals surface area (Å²) in [6.45, 7) is 2.93. The summed E-state index contributed by atoms with van der Waals surface area (Å²) < 4.78 is 0. The van der Waals surface area contributed by atoms with E-state index in [9.17, 15) is 20.1 Å². The zero-order valence-electron chi connectivity index (χ0n) is 14.4. The van der Waals surface area contributed by atoms with E-state index in [4.69, 9.17) is 5.73 Å². The summed E-state index contributed by atoms with van der Waals surface area (Å²) in [7, 11) is 0. The molecule has 0 aromatic heterocycles. The van der Waals surface area contributed by atoms with E-state index < -0.39 is 22.7 Å². The maximum absolute atomic E-state index is 12.7. The molecule has 1 aliphatic heterocycles. The molecule has 0 fully saturated rings. The molecule has 6 heteroatoms. The Morgan fingerprint density at radius 2 is 1.92 bits per heavy atom. The van der Waals surface area contributed by atoms with Gasteiger partial charge in [0.15, 0.2) is 16.6 Å². The van der Waals surface area contributed by atoms with E-state index in [2.05, 4.69) is 4.99 Å². The van der Waals surface area contributed by atoms with Gasteiger partial charge in [0.1, 0.15) is 5.84 Å². The van der Waals surface area contributed by atoms with E-state index in [0.29, 0.717) is 5.57 Å². The lowest BCUT2D eigenvalue weighted by molar-refractivity contribution is -0.126. The standard InChI is InChI=1S/C20H16N4O2/c1-12-16(13(2)25)15(9-8-14-6-4-3-5-7-14)20(11-22)18(26)24-17(23)19(12,20)10-21/h3-9,15H,1-2H3,(H2,23,24,26)/b9-8+. The van der Waals surface area contributed by atoms with Crippen LogP contribution in [0.2, 0.25) is 0 Å². The summed E-state index contributed by atoms with van der Waals surface area (Å²) in [6, 6.07) is 13.3. The Balaban J connectivity index is 2.28. The van der Waals surface area contributed by atoms with Crippen molar-refractivity contribution < 1.29 is 9.59 Å². The fraction of sp³-hybridized carbons (Fsp3) is 0.250. The van der Waals surface area contributed by atoms with Crippen molar-refractivity contribution in [3.8, 4) is 12.1 Å². The summed E-state index contributed by atoms with van der Waals surface area (Å²) in [6.07, 6.45) is 3.36. The van der Waals surface area contributed by atoms with Gasteiger partial charge in [-0.05, 0) is 25.0 Å². The first-order valence-electron chi connectivity index (χ1n) is 8.03. The Bertz CT molecular complexity index is 991. The van der Waals surface area contributed by atoms with E-state index in [-0.39, 0.29) is 17.2 Å². The summed E-state index contributed by atoms with van der Waals surface area (Å²) in [4.78, 5) is 28.8. The molecule has 1 aromatic carbocycles. The molecule has 0 spiro atoms. The van der Waals surface area contributed by atoms with Crippen LogP contribution in [0.4, 0.5) is 0 Å². The number of ketones is 1. The Morgan fingerprint density at radius 1 is 1.27 bits per heavy atom. The molecule has 0 saturated carbocycles. The fourth-order valence-corrected chi connectivity index (χ4v) is 4.08. The molecule has 128 valence electrons. The number of nitrogens with zero attached hydrogens (tertiary/aromatic N) is 3. The molecule has 1 heterocycles. The molecule has 0 bridgehead atoms. The van der Waals surface area contributed by atoms with Crippen molar-refractivity contribution in [1.29, 1.82) is 10.5 Å². The second-order valence-corrected chi connectivity index (χ2v) is 6.43. The van der Waals surface area contributed by atoms with Crippen LogP contribution in [0, 0.1) is 39.4 Å². The minimum atomic E-state index is -1.86. The number of rotatable bonds is 3. The summed E-state index contributed by atoms with van der Waals surface area (Å²) in [5.41, 5.74) is 3.78. The van der Waals surface area contributed by atoms with Crippen LogP contribution in [0.5, 0.6) is 0 Å². The number of aliphatic imine (C=N–C) groups is 1. The lowest BCUT2D eigenvalue weighted by Crippen LogP contribution is -2.48. The number of amidine groups is 1. The number of hydrogen-bond acceptors (Lipinski definition) is 5. The molecule has 3 unspecified atom stereocenters. The van der Waals surface area contributed by atoms with Crippen LogP contribution >= 0.6 is 0 Å². The molecular formula is C20H16N4O2. The Kier molecular flexibility index (Phi) is 3.85. The molecule has 1 aliphatic carbocycles. The second kappa shape index (κ2) is 5.79. The van der Waals surface area contributed by atoms with Crippen molar-refractivity contribution in [2.75, 3.05) is 0 Å². The van der Waals surface area contributed by atoms with Crippen LogP contribution in [-0.2, 0) is 9.59 Å². The first kappa shape index (κ1) is 17.3. The minimum absolute atomic E-state index is 0.224. The van der Waals surface area contributed by atoms with Crippen LogP contribution in [0.3, 0.4) is 0 Å². The second-order valence-electron chi connectivity index (χ2n) is 6.43. The van der Waals surface area contributed by atoms with E-state index in [1.54, 1.807) is 19.1 Å². The number of nitriles is 2. The molecule has 2 N–H and O–H groups in total. The maximum Gasteiger partial charge on any atom is 0.271 e. The topological polar surface area (TPSA) is 120 Å². The highest BCUT2D eigenvalue weighted by atomic mass is 16.2. The van der Waals surface area contributed by atoms with Crippen molar-refractivity contribution in [2.24, 2.45) is 27.5 Å². The average Bonchev–Trinajstić information content (AvgIpc) is 2.99. The largest absolute Gasteiger partial charge is 0.385 e. The third-order valence-electron chi connectivity index (χ3n) is 5.28. The number of nitrogens with two attached hydrogens (primary N) is 1. The molecule has 26 heavy (non-hydrogen) atoms. The number of Topliss-reactive ketones (excluding diaryl/α,β-unsaturated/α-hetero) is 1. The highest BCUT2D eigenvalue weighted by Crippen LogP contribution is 2.62. The van der Waals surface area contributed by atoms with Gasteiger partial charge in [-0.3, -0.25) is 9.59 Å².